The molecule has 0 aliphatic rings. The minimum absolute atomic E-state index is 0. The summed E-state index contributed by atoms with van der Waals surface area (Å²) in [5.74, 6) is 1.64. The second-order valence-electron chi connectivity index (χ2n) is 5.65. The van der Waals surface area contributed by atoms with E-state index in [0.29, 0.717) is 17.8 Å². The Morgan fingerprint density at radius 2 is 2.00 bits per heavy atom. The number of benzene rings is 1. The van der Waals surface area contributed by atoms with Crippen LogP contribution in [0.4, 0.5) is 0 Å². The van der Waals surface area contributed by atoms with Crippen molar-refractivity contribution in [3.8, 4) is 0 Å². The molecule has 1 aromatic carbocycles. The van der Waals surface area contributed by atoms with Gasteiger partial charge in [0.15, 0.2) is 5.96 Å². The lowest BCUT2D eigenvalue weighted by molar-refractivity contribution is 0.576. The van der Waals surface area contributed by atoms with E-state index in [4.69, 9.17) is 5.73 Å². The molecule has 114 valence electrons. The molecule has 0 fully saturated rings. The van der Waals surface area contributed by atoms with E-state index in [1.165, 1.54) is 11.1 Å². The average molecular weight is 389 g/mol. The lowest BCUT2D eigenvalue weighted by atomic mass is 10.00. The highest BCUT2D eigenvalue weighted by atomic mass is 127. The van der Waals surface area contributed by atoms with Crippen LogP contribution in [-0.4, -0.2) is 19.0 Å². The Bertz CT molecular complexity index is 416. The zero-order valence-electron chi connectivity index (χ0n) is 13.0. The highest BCUT2D eigenvalue weighted by Gasteiger charge is 2.05. The SMILES string of the molecule is Cc1cccc(C(C)CN=C(N)NCCC(C)C)c1.I. The van der Waals surface area contributed by atoms with Gasteiger partial charge in [-0.15, -0.1) is 24.0 Å². The lowest BCUT2D eigenvalue weighted by Crippen LogP contribution is -2.33. The summed E-state index contributed by atoms with van der Waals surface area (Å²) < 4.78 is 0. The van der Waals surface area contributed by atoms with Gasteiger partial charge in [-0.05, 0) is 24.8 Å². The summed E-state index contributed by atoms with van der Waals surface area (Å²) in [5.41, 5.74) is 8.46. The minimum Gasteiger partial charge on any atom is -0.370 e. The molecule has 0 aliphatic heterocycles. The van der Waals surface area contributed by atoms with Crippen molar-refractivity contribution in [1.82, 2.24) is 5.32 Å². The van der Waals surface area contributed by atoms with E-state index in [1.807, 2.05) is 0 Å². The first-order valence-electron chi connectivity index (χ1n) is 7.09. The molecule has 0 aromatic heterocycles. The molecule has 3 N–H and O–H groups in total. The van der Waals surface area contributed by atoms with Crippen LogP contribution in [0.15, 0.2) is 29.3 Å². The third-order valence-corrected chi connectivity index (χ3v) is 3.17. The van der Waals surface area contributed by atoms with Gasteiger partial charge in [0.25, 0.3) is 0 Å². The van der Waals surface area contributed by atoms with Gasteiger partial charge in [0.1, 0.15) is 0 Å². The lowest BCUT2D eigenvalue weighted by Gasteiger charge is -2.11. The number of halogens is 1. The predicted molar refractivity (Wildman–Crippen MR) is 99.0 cm³/mol. The van der Waals surface area contributed by atoms with Gasteiger partial charge in [-0.1, -0.05) is 50.6 Å². The van der Waals surface area contributed by atoms with Crippen LogP contribution in [0.25, 0.3) is 0 Å². The molecule has 3 nitrogen and oxygen atoms in total. The summed E-state index contributed by atoms with van der Waals surface area (Å²) in [6.45, 7) is 10.3. The van der Waals surface area contributed by atoms with E-state index >= 15 is 0 Å². The van der Waals surface area contributed by atoms with Crippen molar-refractivity contribution in [2.45, 2.75) is 40.0 Å². The standard InChI is InChI=1S/C16H27N3.HI/c1-12(2)8-9-18-16(17)19-11-14(4)15-7-5-6-13(3)10-15;/h5-7,10,12,14H,8-9,11H2,1-4H3,(H3,17,18,19);1H. The Morgan fingerprint density at radius 3 is 2.60 bits per heavy atom. The molecule has 0 spiro atoms. The number of aryl methyl sites for hydroxylation is 1. The smallest absolute Gasteiger partial charge is 0.188 e. The molecule has 20 heavy (non-hydrogen) atoms. The third-order valence-electron chi connectivity index (χ3n) is 3.17. The van der Waals surface area contributed by atoms with E-state index in [1.54, 1.807) is 0 Å². The maximum atomic E-state index is 5.86. The molecule has 1 unspecified atom stereocenters. The Kier molecular flexibility index (Phi) is 9.63. The maximum Gasteiger partial charge on any atom is 0.188 e. The number of aliphatic imine (C=N–C) groups is 1. The van der Waals surface area contributed by atoms with Crippen molar-refractivity contribution >= 4 is 29.9 Å². The molecule has 1 rings (SSSR count). The molecule has 0 saturated heterocycles. The fourth-order valence-electron chi connectivity index (χ4n) is 1.86. The van der Waals surface area contributed by atoms with Crippen LogP contribution in [0.1, 0.15) is 44.2 Å². The highest BCUT2D eigenvalue weighted by molar-refractivity contribution is 14.0. The number of rotatable bonds is 6. The molecular weight excluding hydrogens is 361 g/mol. The predicted octanol–water partition coefficient (Wildman–Crippen LogP) is 3.67. The molecule has 0 bridgehead atoms. The number of nitrogens with two attached hydrogens (primary N) is 1. The van der Waals surface area contributed by atoms with Crippen molar-refractivity contribution < 1.29 is 0 Å². The van der Waals surface area contributed by atoms with E-state index in [0.717, 1.165) is 19.5 Å². The molecule has 0 heterocycles. The van der Waals surface area contributed by atoms with Gasteiger partial charge in [-0.3, -0.25) is 4.99 Å². The van der Waals surface area contributed by atoms with Crippen molar-refractivity contribution in [2.75, 3.05) is 13.1 Å². The van der Waals surface area contributed by atoms with Crippen LogP contribution < -0.4 is 11.1 Å². The van der Waals surface area contributed by atoms with Crippen LogP contribution in [0.2, 0.25) is 0 Å². The Labute approximate surface area is 140 Å². The van der Waals surface area contributed by atoms with Gasteiger partial charge < -0.3 is 11.1 Å². The Morgan fingerprint density at radius 1 is 1.30 bits per heavy atom. The van der Waals surface area contributed by atoms with Crippen molar-refractivity contribution in [2.24, 2.45) is 16.6 Å². The summed E-state index contributed by atoms with van der Waals surface area (Å²) in [5, 5.41) is 3.16. The van der Waals surface area contributed by atoms with Crippen LogP contribution in [0.3, 0.4) is 0 Å². The minimum atomic E-state index is 0. The van der Waals surface area contributed by atoms with Gasteiger partial charge >= 0.3 is 0 Å². The zero-order valence-corrected chi connectivity index (χ0v) is 15.3. The molecule has 0 amide bonds. The maximum absolute atomic E-state index is 5.86. The normalized spacial score (nSPS) is 12.9. The number of nitrogens with zero attached hydrogens (tertiary/aromatic N) is 1. The first-order chi connectivity index (χ1) is 8.99. The van der Waals surface area contributed by atoms with Crippen molar-refractivity contribution in [3.63, 3.8) is 0 Å². The number of guanidine groups is 1. The second kappa shape index (κ2) is 10.0. The monoisotopic (exact) mass is 389 g/mol. The Hall–Kier alpha value is -0.780. The topological polar surface area (TPSA) is 50.4 Å². The molecule has 0 saturated carbocycles. The molecule has 1 atom stereocenters. The third kappa shape index (κ3) is 7.72. The van der Waals surface area contributed by atoms with E-state index in [-0.39, 0.29) is 24.0 Å². The highest BCUT2D eigenvalue weighted by Crippen LogP contribution is 2.16. The number of hydrogen-bond donors (Lipinski definition) is 2. The van der Waals surface area contributed by atoms with Crippen LogP contribution >= 0.6 is 24.0 Å². The first kappa shape index (κ1) is 19.2. The van der Waals surface area contributed by atoms with Crippen LogP contribution in [-0.2, 0) is 0 Å². The zero-order chi connectivity index (χ0) is 14.3. The van der Waals surface area contributed by atoms with Gasteiger partial charge in [-0.25, -0.2) is 0 Å². The largest absolute Gasteiger partial charge is 0.370 e. The van der Waals surface area contributed by atoms with Crippen LogP contribution in [0, 0.1) is 12.8 Å². The van der Waals surface area contributed by atoms with Gasteiger partial charge in [-0.2, -0.15) is 0 Å². The quantitative estimate of drug-likeness (QED) is 0.443. The van der Waals surface area contributed by atoms with Crippen molar-refractivity contribution in [3.05, 3.63) is 35.4 Å². The average Bonchev–Trinajstić information content (AvgIpc) is 2.35. The summed E-state index contributed by atoms with van der Waals surface area (Å²) >= 11 is 0. The molecule has 4 heteroatoms. The summed E-state index contributed by atoms with van der Waals surface area (Å²) in [6.07, 6.45) is 1.11. The van der Waals surface area contributed by atoms with E-state index in [9.17, 15) is 0 Å². The summed E-state index contributed by atoms with van der Waals surface area (Å²) in [7, 11) is 0. The fraction of sp³-hybridized carbons (Fsp3) is 0.562. The van der Waals surface area contributed by atoms with Gasteiger partial charge in [0.05, 0.1) is 0 Å². The first-order valence-corrected chi connectivity index (χ1v) is 7.09. The second-order valence-corrected chi connectivity index (χ2v) is 5.65. The summed E-state index contributed by atoms with van der Waals surface area (Å²) in [6, 6.07) is 8.56. The van der Waals surface area contributed by atoms with E-state index < -0.39 is 0 Å². The summed E-state index contributed by atoms with van der Waals surface area (Å²) in [4.78, 5) is 4.41. The van der Waals surface area contributed by atoms with E-state index in [2.05, 4.69) is 62.3 Å². The fourth-order valence-corrected chi connectivity index (χ4v) is 1.86. The molecule has 1 aromatic rings. The number of nitrogens with one attached hydrogen (secondary N) is 1. The van der Waals surface area contributed by atoms with Gasteiger partial charge in [0.2, 0.25) is 0 Å². The molecule has 0 aliphatic carbocycles. The number of hydrogen-bond acceptors (Lipinski definition) is 1. The van der Waals surface area contributed by atoms with Gasteiger partial charge in [0, 0.05) is 19.0 Å². The van der Waals surface area contributed by atoms with Crippen LogP contribution in [0.5, 0.6) is 0 Å². The Balaban J connectivity index is 0.00000361. The van der Waals surface area contributed by atoms with Crippen molar-refractivity contribution in [1.29, 1.82) is 0 Å². The molecule has 0 radical (unpaired) electrons. The molecular formula is C16H28IN3.